The molecule has 9 nitrogen and oxygen atoms in total. The third-order valence-corrected chi connectivity index (χ3v) is 6.31. The van der Waals surface area contributed by atoms with Crippen LogP contribution < -0.4 is 5.32 Å². The minimum atomic E-state index is -1.46. The molecule has 0 saturated heterocycles. The molecule has 35 heavy (non-hydrogen) atoms. The highest BCUT2D eigenvalue weighted by Gasteiger charge is 2.52. The number of carboxylic acids is 2. The number of aromatic nitrogens is 2. The van der Waals surface area contributed by atoms with Crippen molar-refractivity contribution in [3.05, 3.63) is 100 Å². The lowest BCUT2D eigenvalue weighted by molar-refractivity contribution is -0.118. The number of nitrogens with zero attached hydrogens (tertiary/aromatic N) is 1. The summed E-state index contributed by atoms with van der Waals surface area (Å²) in [5.41, 5.74) is 1.66. The number of nitrogens with one attached hydrogen (secondary N) is 2. The van der Waals surface area contributed by atoms with Gasteiger partial charge in [0.15, 0.2) is 0 Å². The van der Waals surface area contributed by atoms with Crippen LogP contribution in [-0.4, -0.2) is 43.4 Å². The second-order valence-corrected chi connectivity index (χ2v) is 8.34. The number of aromatic amines is 1. The maximum Gasteiger partial charge on any atom is 0.336 e. The first-order chi connectivity index (χ1) is 16.7. The van der Waals surface area contributed by atoms with E-state index in [1.54, 1.807) is 12.3 Å². The van der Waals surface area contributed by atoms with Crippen LogP contribution in [0, 0.1) is 6.92 Å². The number of amides is 1. The van der Waals surface area contributed by atoms with Gasteiger partial charge in [-0.3, -0.25) is 9.89 Å². The number of aromatic hydroxyl groups is 1. The number of benzene rings is 3. The lowest BCUT2D eigenvalue weighted by Gasteiger charge is -2.28. The molecule has 0 spiro atoms. The summed E-state index contributed by atoms with van der Waals surface area (Å²) in [6.07, 6.45) is 3.08. The van der Waals surface area contributed by atoms with Crippen molar-refractivity contribution in [3.63, 3.8) is 0 Å². The third-order valence-electron chi connectivity index (χ3n) is 6.31. The predicted molar refractivity (Wildman–Crippen MR) is 126 cm³/mol. The van der Waals surface area contributed by atoms with Crippen molar-refractivity contribution in [2.45, 2.75) is 12.3 Å². The van der Waals surface area contributed by atoms with E-state index in [4.69, 9.17) is 0 Å². The number of aromatic carboxylic acids is 2. The van der Waals surface area contributed by atoms with Gasteiger partial charge in [-0.1, -0.05) is 24.3 Å². The van der Waals surface area contributed by atoms with E-state index in [2.05, 4.69) is 15.5 Å². The largest absolute Gasteiger partial charge is 0.508 e. The second-order valence-electron chi connectivity index (χ2n) is 8.34. The Hall–Kier alpha value is -4.92. The first-order valence-corrected chi connectivity index (χ1v) is 10.6. The van der Waals surface area contributed by atoms with Gasteiger partial charge in [0.05, 0.1) is 17.3 Å². The monoisotopic (exact) mass is 469 g/mol. The summed E-state index contributed by atoms with van der Waals surface area (Å²) >= 11 is 0. The predicted octanol–water partition coefficient (Wildman–Crippen LogP) is 3.77. The van der Waals surface area contributed by atoms with E-state index >= 15 is 0 Å². The smallest absolute Gasteiger partial charge is 0.336 e. The Morgan fingerprint density at radius 2 is 1.74 bits per heavy atom. The summed E-state index contributed by atoms with van der Waals surface area (Å²) in [6, 6.07) is 13.8. The number of hydrogen-bond donors (Lipinski definition) is 5. The fraction of sp³-hybridized carbons (Fsp3) is 0.0769. The minimum Gasteiger partial charge on any atom is -0.508 e. The molecule has 0 aliphatic carbocycles. The van der Waals surface area contributed by atoms with Crippen molar-refractivity contribution in [2.24, 2.45) is 0 Å². The number of carbonyl (C=O) groups excluding carboxylic acids is 1. The summed E-state index contributed by atoms with van der Waals surface area (Å²) in [7, 11) is 0. The van der Waals surface area contributed by atoms with E-state index < -0.39 is 23.3 Å². The highest BCUT2D eigenvalue weighted by molar-refractivity contribution is 6.12. The van der Waals surface area contributed by atoms with Gasteiger partial charge in [0.2, 0.25) is 5.91 Å². The first-order valence-electron chi connectivity index (χ1n) is 10.6. The number of fused-ring (bicyclic) bond motifs is 1. The van der Waals surface area contributed by atoms with Crippen LogP contribution in [0.25, 0.3) is 11.1 Å². The Morgan fingerprint density at radius 1 is 0.943 bits per heavy atom. The number of rotatable bonds is 5. The average Bonchev–Trinajstić information content (AvgIpc) is 3.45. The third kappa shape index (κ3) is 3.24. The minimum absolute atomic E-state index is 0.167. The standard InChI is InChI=1S/C26H19N3O6/c1-13-2-6-19-21(8-13)29-25(35)26(19,16-11-27-28-12-16)20-10-14(4-7-22(20)30)17-5-3-15(23(31)32)9-18(17)24(33)34/h2-12,30H,1H3,(H,27,28)(H,29,35)(H,31,32)(H,33,34)/t26-/m1/s1. The van der Waals surface area contributed by atoms with Gasteiger partial charge in [0.1, 0.15) is 11.2 Å². The van der Waals surface area contributed by atoms with Crippen molar-refractivity contribution >= 4 is 23.5 Å². The number of carboxylic acid groups (broad SMARTS) is 2. The molecule has 1 aromatic heterocycles. The Kier molecular flexibility index (Phi) is 4.91. The second kappa shape index (κ2) is 7.84. The van der Waals surface area contributed by atoms with Crippen LogP contribution in [-0.2, 0) is 10.2 Å². The van der Waals surface area contributed by atoms with Crippen LogP contribution in [0.4, 0.5) is 5.69 Å². The molecular formula is C26H19N3O6. The Morgan fingerprint density at radius 3 is 2.43 bits per heavy atom. The maximum absolute atomic E-state index is 13.6. The number of aryl methyl sites for hydroxylation is 1. The summed E-state index contributed by atoms with van der Waals surface area (Å²) in [5, 5.41) is 39.7. The van der Waals surface area contributed by atoms with Gasteiger partial charge in [-0.25, -0.2) is 9.59 Å². The van der Waals surface area contributed by atoms with Crippen LogP contribution in [0.5, 0.6) is 5.75 Å². The zero-order chi connectivity index (χ0) is 24.9. The Labute approximate surface area is 198 Å². The quantitative estimate of drug-likeness (QED) is 0.298. The van der Waals surface area contributed by atoms with Crippen molar-refractivity contribution < 1.29 is 29.7 Å². The van der Waals surface area contributed by atoms with Gasteiger partial charge in [-0.2, -0.15) is 5.10 Å². The van der Waals surface area contributed by atoms with Gasteiger partial charge in [-0.15, -0.1) is 0 Å². The lowest BCUT2D eigenvalue weighted by atomic mass is 9.70. The van der Waals surface area contributed by atoms with Crippen LogP contribution in [0.15, 0.2) is 67.0 Å². The van der Waals surface area contributed by atoms with E-state index in [1.807, 2.05) is 25.1 Å². The van der Waals surface area contributed by atoms with E-state index in [1.165, 1.54) is 30.5 Å². The molecule has 0 unspecified atom stereocenters. The number of H-pyrrole nitrogens is 1. The molecule has 1 aliphatic rings. The maximum atomic E-state index is 13.6. The molecule has 9 heteroatoms. The summed E-state index contributed by atoms with van der Waals surface area (Å²) in [5.74, 6) is -3.12. The van der Waals surface area contributed by atoms with E-state index in [0.29, 0.717) is 22.4 Å². The highest BCUT2D eigenvalue weighted by atomic mass is 16.4. The SMILES string of the molecule is Cc1ccc2c(c1)NC(=O)[C@@]2(c1cn[nH]c1)c1cc(-c2ccc(C(=O)O)cc2C(=O)O)ccc1O. The zero-order valence-corrected chi connectivity index (χ0v) is 18.4. The molecular weight excluding hydrogens is 450 g/mol. The highest BCUT2D eigenvalue weighted by Crippen LogP contribution is 2.51. The van der Waals surface area contributed by atoms with Crippen molar-refractivity contribution in [1.82, 2.24) is 10.2 Å². The van der Waals surface area contributed by atoms with Crippen LogP contribution in [0.2, 0.25) is 0 Å². The molecule has 0 radical (unpaired) electrons. The van der Waals surface area contributed by atoms with Crippen molar-refractivity contribution in [1.29, 1.82) is 0 Å². The van der Waals surface area contributed by atoms with Gasteiger partial charge < -0.3 is 20.6 Å². The zero-order valence-electron chi connectivity index (χ0n) is 18.4. The molecule has 2 heterocycles. The van der Waals surface area contributed by atoms with E-state index in [0.717, 1.165) is 11.6 Å². The Bertz CT molecular complexity index is 1530. The van der Waals surface area contributed by atoms with Crippen LogP contribution >= 0.6 is 0 Å². The van der Waals surface area contributed by atoms with Gasteiger partial charge in [0, 0.05) is 28.6 Å². The summed E-state index contributed by atoms with van der Waals surface area (Å²) in [4.78, 5) is 37.0. The van der Waals surface area contributed by atoms with Gasteiger partial charge in [0.25, 0.3) is 0 Å². The normalized spacial score (nSPS) is 16.5. The number of phenols is 1. The fourth-order valence-corrected chi connectivity index (χ4v) is 4.70. The van der Waals surface area contributed by atoms with E-state index in [-0.39, 0.29) is 28.0 Å². The molecule has 1 aliphatic heterocycles. The number of hydrogen-bond acceptors (Lipinski definition) is 5. The molecule has 174 valence electrons. The molecule has 0 fully saturated rings. The van der Waals surface area contributed by atoms with Crippen LogP contribution in [0.3, 0.4) is 0 Å². The molecule has 5 N–H and O–H groups in total. The number of phenolic OH excluding ortho intramolecular Hbond substituents is 1. The molecule has 0 saturated carbocycles. The molecule has 3 aromatic carbocycles. The Balaban J connectivity index is 1.80. The summed E-state index contributed by atoms with van der Waals surface area (Å²) in [6.45, 7) is 1.90. The molecule has 0 bridgehead atoms. The molecule has 4 aromatic rings. The van der Waals surface area contributed by atoms with Gasteiger partial charge >= 0.3 is 11.9 Å². The molecule has 5 rings (SSSR count). The molecule has 1 amide bonds. The first kappa shape index (κ1) is 21.9. The lowest BCUT2D eigenvalue weighted by Crippen LogP contribution is -2.36. The number of carbonyl (C=O) groups is 3. The summed E-state index contributed by atoms with van der Waals surface area (Å²) < 4.78 is 0. The fourth-order valence-electron chi connectivity index (χ4n) is 4.70. The molecule has 1 atom stereocenters. The average molecular weight is 469 g/mol. The van der Waals surface area contributed by atoms with E-state index in [9.17, 15) is 29.7 Å². The van der Waals surface area contributed by atoms with Crippen molar-refractivity contribution in [2.75, 3.05) is 5.32 Å². The van der Waals surface area contributed by atoms with Gasteiger partial charge in [-0.05, 0) is 53.9 Å². The van der Waals surface area contributed by atoms with Crippen molar-refractivity contribution in [3.8, 4) is 16.9 Å². The topological polar surface area (TPSA) is 153 Å². The van der Waals surface area contributed by atoms with Crippen LogP contribution in [0.1, 0.15) is 43.0 Å². The number of anilines is 1.